The van der Waals surface area contributed by atoms with Crippen LogP contribution in [0.4, 0.5) is 0 Å². The van der Waals surface area contributed by atoms with E-state index in [2.05, 4.69) is 17.2 Å². The lowest BCUT2D eigenvalue weighted by Gasteiger charge is -2.17. The van der Waals surface area contributed by atoms with Crippen LogP contribution in [-0.4, -0.2) is 24.1 Å². The van der Waals surface area contributed by atoms with Crippen molar-refractivity contribution in [3.05, 3.63) is 29.6 Å². The Morgan fingerprint density at radius 3 is 2.76 bits per heavy atom. The maximum absolute atomic E-state index is 11.8. The lowest BCUT2D eigenvalue weighted by molar-refractivity contribution is -0.145. The van der Waals surface area contributed by atoms with Gasteiger partial charge in [0.2, 0.25) is 0 Å². The SMILES string of the molecule is CCCNC(C(=O)OCC)c1ccc(C)nc1. The molecule has 1 unspecified atom stereocenters. The van der Waals surface area contributed by atoms with Crippen LogP contribution in [0.15, 0.2) is 18.3 Å². The summed E-state index contributed by atoms with van der Waals surface area (Å²) in [7, 11) is 0. The Bertz CT molecular complexity index is 349. The summed E-state index contributed by atoms with van der Waals surface area (Å²) in [6.45, 7) is 6.95. The van der Waals surface area contributed by atoms with Crippen molar-refractivity contribution in [1.82, 2.24) is 10.3 Å². The number of carbonyl (C=O) groups is 1. The fraction of sp³-hybridized carbons (Fsp3) is 0.538. The van der Waals surface area contributed by atoms with Crippen LogP contribution in [-0.2, 0) is 9.53 Å². The maximum Gasteiger partial charge on any atom is 0.327 e. The van der Waals surface area contributed by atoms with Gasteiger partial charge >= 0.3 is 5.97 Å². The monoisotopic (exact) mass is 236 g/mol. The highest BCUT2D eigenvalue weighted by Gasteiger charge is 2.21. The predicted octanol–water partition coefficient (Wildman–Crippen LogP) is 1.99. The quantitative estimate of drug-likeness (QED) is 0.767. The minimum absolute atomic E-state index is 0.244. The highest BCUT2D eigenvalue weighted by atomic mass is 16.5. The second-order valence-corrected chi connectivity index (χ2v) is 3.87. The van der Waals surface area contributed by atoms with Crippen molar-refractivity contribution in [3.8, 4) is 0 Å². The number of hydrogen-bond acceptors (Lipinski definition) is 4. The van der Waals surface area contributed by atoms with Gasteiger partial charge in [-0.2, -0.15) is 0 Å². The first-order valence-electron chi connectivity index (χ1n) is 6.01. The van der Waals surface area contributed by atoms with Crippen molar-refractivity contribution in [2.75, 3.05) is 13.2 Å². The lowest BCUT2D eigenvalue weighted by Crippen LogP contribution is -2.30. The summed E-state index contributed by atoms with van der Waals surface area (Å²) in [6.07, 6.45) is 2.69. The molecule has 0 amide bonds. The molecule has 1 atom stereocenters. The Hall–Kier alpha value is -1.42. The molecule has 0 aliphatic rings. The molecule has 0 aliphatic heterocycles. The molecule has 1 aromatic heterocycles. The molecule has 0 saturated carbocycles. The van der Waals surface area contributed by atoms with E-state index < -0.39 is 6.04 Å². The molecule has 0 bridgehead atoms. The van der Waals surface area contributed by atoms with Crippen LogP contribution in [0.2, 0.25) is 0 Å². The number of pyridine rings is 1. The third-order valence-electron chi connectivity index (χ3n) is 2.39. The molecular formula is C13H20N2O2. The van der Waals surface area contributed by atoms with Crippen molar-refractivity contribution in [1.29, 1.82) is 0 Å². The molecule has 1 heterocycles. The Balaban J connectivity index is 2.81. The van der Waals surface area contributed by atoms with Gasteiger partial charge in [0, 0.05) is 11.9 Å². The highest BCUT2D eigenvalue weighted by molar-refractivity contribution is 5.77. The van der Waals surface area contributed by atoms with Gasteiger partial charge in [0.1, 0.15) is 6.04 Å². The standard InChI is InChI=1S/C13H20N2O2/c1-4-8-14-12(13(16)17-5-2)11-7-6-10(3)15-9-11/h6-7,9,12,14H,4-5,8H2,1-3H3. The van der Waals surface area contributed by atoms with Gasteiger partial charge in [-0.3, -0.25) is 4.98 Å². The van der Waals surface area contributed by atoms with Crippen molar-refractivity contribution in [2.24, 2.45) is 0 Å². The lowest BCUT2D eigenvalue weighted by atomic mass is 10.1. The van der Waals surface area contributed by atoms with E-state index in [9.17, 15) is 4.79 Å². The molecule has 1 N–H and O–H groups in total. The second kappa shape index (κ2) is 7.01. The second-order valence-electron chi connectivity index (χ2n) is 3.87. The number of hydrogen-bond donors (Lipinski definition) is 1. The molecule has 0 radical (unpaired) electrons. The molecule has 94 valence electrons. The van der Waals surface area contributed by atoms with Gasteiger partial charge in [0.15, 0.2) is 0 Å². The van der Waals surface area contributed by atoms with E-state index in [-0.39, 0.29) is 5.97 Å². The van der Waals surface area contributed by atoms with Gasteiger partial charge in [-0.25, -0.2) is 4.79 Å². The van der Waals surface area contributed by atoms with E-state index in [1.807, 2.05) is 26.0 Å². The summed E-state index contributed by atoms with van der Waals surface area (Å²) in [6, 6.07) is 3.39. The smallest absolute Gasteiger partial charge is 0.327 e. The van der Waals surface area contributed by atoms with E-state index in [1.54, 1.807) is 6.20 Å². The largest absolute Gasteiger partial charge is 0.465 e. The van der Waals surface area contributed by atoms with Gasteiger partial charge in [-0.05, 0) is 38.4 Å². The van der Waals surface area contributed by atoms with Gasteiger partial charge in [0.25, 0.3) is 0 Å². The van der Waals surface area contributed by atoms with Crippen LogP contribution >= 0.6 is 0 Å². The number of esters is 1. The van der Waals surface area contributed by atoms with E-state index in [4.69, 9.17) is 4.74 Å². The van der Waals surface area contributed by atoms with Crippen molar-refractivity contribution in [2.45, 2.75) is 33.2 Å². The topological polar surface area (TPSA) is 51.2 Å². The zero-order valence-electron chi connectivity index (χ0n) is 10.7. The van der Waals surface area contributed by atoms with Crippen LogP contribution in [0.25, 0.3) is 0 Å². The summed E-state index contributed by atoms with van der Waals surface area (Å²) < 4.78 is 5.06. The zero-order chi connectivity index (χ0) is 12.7. The summed E-state index contributed by atoms with van der Waals surface area (Å²) >= 11 is 0. The Labute approximate surface area is 102 Å². The van der Waals surface area contributed by atoms with E-state index in [1.165, 1.54) is 0 Å². The third kappa shape index (κ3) is 4.15. The van der Waals surface area contributed by atoms with E-state index in [0.717, 1.165) is 24.2 Å². The normalized spacial score (nSPS) is 12.2. The molecule has 4 heteroatoms. The number of nitrogens with zero attached hydrogens (tertiary/aromatic N) is 1. The summed E-state index contributed by atoms with van der Waals surface area (Å²) in [4.78, 5) is 16.0. The fourth-order valence-electron chi connectivity index (χ4n) is 1.50. The molecule has 0 saturated heterocycles. The molecule has 17 heavy (non-hydrogen) atoms. The molecule has 0 aromatic carbocycles. The van der Waals surface area contributed by atoms with Gasteiger partial charge in [0.05, 0.1) is 6.61 Å². The zero-order valence-corrected chi connectivity index (χ0v) is 10.7. The van der Waals surface area contributed by atoms with E-state index in [0.29, 0.717) is 6.61 Å². The maximum atomic E-state index is 11.8. The van der Waals surface area contributed by atoms with Crippen LogP contribution in [0.1, 0.15) is 37.6 Å². The number of carbonyl (C=O) groups excluding carboxylic acids is 1. The van der Waals surface area contributed by atoms with Gasteiger partial charge < -0.3 is 10.1 Å². The molecule has 4 nitrogen and oxygen atoms in total. The number of nitrogens with one attached hydrogen (secondary N) is 1. The summed E-state index contributed by atoms with van der Waals surface area (Å²) in [5.41, 5.74) is 1.79. The molecule has 0 spiro atoms. The van der Waals surface area contributed by atoms with Gasteiger partial charge in [-0.1, -0.05) is 13.0 Å². The summed E-state index contributed by atoms with van der Waals surface area (Å²) in [5.74, 6) is -0.244. The first-order chi connectivity index (χ1) is 8.19. The Morgan fingerprint density at radius 2 is 2.24 bits per heavy atom. The number of rotatable bonds is 6. The first kappa shape index (κ1) is 13.6. The molecule has 0 aliphatic carbocycles. The molecule has 1 rings (SSSR count). The minimum atomic E-state index is -0.414. The molecular weight excluding hydrogens is 216 g/mol. The average Bonchev–Trinajstić information content (AvgIpc) is 2.32. The van der Waals surface area contributed by atoms with Crippen LogP contribution < -0.4 is 5.32 Å². The first-order valence-corrected chi connectivity index (χ1v) is 6.01. The van der Waals surface area contributed by atoms with E-state index >= 15 is 0 Å². The van der Waals surface area contributed by atoms with Gasteiger partial charge in [-0.15, -0.1) is 0 Å². The Morgan fingerprint density at radius 1 is 1.47 bits per heavy atom. The Kier molecular flexibility index (Phi) is 5.63. The van der Waals surface area contributed by atoms with Crippen LogP contribution in [0, 0.1) is 6.92 Å². The predicted molar refractivity (Wildman–Crippen MR) is 66.6 cm³/mol. The fourth-order valence-corrected chi connectivity index (χ4v) is 1.50. The molecule has 1 aromatic rings. The van der Waals surface area contributed by atoms with Crippen LogP contribution in [0.3, 0.4) is 0 Å². The minimum Gasteiger partial charge on any atom is -0.465 e. The molecule has 0 fully saturated rings. The third-order valence-corrected chi connectivity index (χ3v) is 2.39. The van der Waals surface area contributed by atoms with Crippen molar-refractivity contribution >= 4 is 5.97 Å². The number of ether oxygens (including phenoxy) is 1. The number of aryl methyl sites for hydroxylation is 1. The van der Waals surface area contributed by atoms with Crippen molar-refractivity contribution < 1.29 is 9.53 Å². The van der Waals surface area contributed by atoms with Crippen molar-refractivity contribution in [3.63, 3.8) is 0 Å². The highest BCUT2D eigenvalue weighted by Crippen LogP contribution is 2.14. The summed E-state index contributed by atoms with van der Waals surface area (Å²) in [5, 5.41) is 3.18. The average molecular weight is 236 g/mol. The number of aromatic nitrogens is 1. The van der Waals surface area contributed by atoms with Crippen LogP contribution in [0.5, 0.6) is 0 Å².